The third-order valence-electron chi connectivity index (χ3n) is 2.54. The van der Waals surface area contributed by atoms with E-state index in [1.807, 2.05) is 54.8 Å². The van der Waals surface area contributed by atoms with Crippen molar-refractivity contribution < 1.29 is 9.53 Å². The molecule has 2 rings (SSSR count). The molecule has 104 valence electrons. The summed E-state index contributed by atoms with van der Waals surface area (Å²) < 4.78 is 6.36. The molecule has 0 aromatic heterocycles. The van der Waals surface area contributed by atoms with Gasteiger partial charge < -0.3 is 10.1 Å². The predicted octanol–water partition coefficient (Wildman–Crippen LogP) is 4.19. The Bertz CT molecular complexity index is 587. The second-order valence-corrected chi connectivity index (χ2v) is 5.82. The van der Waals surface area contributed by atoms with Gasteiger partial charge in [0.1, 0.15) is 5.75 Å². The highest BCUT2D eigenvalue weighted by atomic mass is 79.9. The number of carbonyl (C=O) groups excluding carboxylic acids is 1. The van der Waals surface area contributed by atoms with E-state index in [1.54, 1.807) is 11.8 Å². The number of hydrogen-bond acceptors (Lipinski definition) is 3. The SMILES string of the molecule is CSc1ccc(OCC(=O)Nc2cccc(Br)c2)cc1. The number of thioether (sulfide) groups is 1. The lowest BCUT2D eigenvalue weighted by Gasteiger charge is -2.08. The first kappa shape index (κ1) is 14.9. The average molecular weight is 352 g/mol. The number of nitrogens with one attached hydrogen (secondary N) is 1. The summed E-state index contributed by atoms with van der Waals surface area (Å²) in [6, 6.07) is 15.1. The third-order valence-corrected chi connectivity index (χ3v) is 3.77. The summed E-state index contributed by atoms with van der Waals surface area (Å²) in [5.41, 5.74) is 0.741. The lowest BCUT2D eigenvalue weighted by Crippen LogP contribution is -2.20. The van der Waals surface area contributed by atoms with Crippen LogP contribution in [0.3, 0.4) is 0 Å². The number of amides is 1. The molecule has 2 aromatic rings. The maximum Gasteiger partial charge on any atom is 0.262 e. The Labute approximate surface area is 130 Å². The highest BCUT2D eigenvalue weighted by Gasteiger charge is 2.04. The van der Waals surface area contributed by atoms with Crippen molar-refractivity contribution in [1.29, 1.82) is 0 Å². The number of carbonyl (C=O) groups is 1. The van der Waals surface area contributed by atoms with Crippen molar-refractivity contribution in [3.8, 4) is 5.75 Å². The maximum absolute atomic E-state index is 11.8. The Morgan fingerprint density at radius 2 is 2.00 bits per heavy atom. The van der Waals surface area contributed by atoms with E-state index in [0.29, 0.717) is 5.75 Å². The van der Waals surface area contributed by atoms with Gasteiger partial charge in [0.15, 0.2) is 6.61 Å². The molecule has 0 radical (unpaired) electrons. The van der Waals surface area contributed by atoms with Crippen molar-refractivity contribution >= 4 is 39.3 Å². The molecule has 1 N–H and O–H groups in total. The molecule has 0 unspecified atom stereocenters. The monoisotopic (exact) mass is 351 g/mol. The maximum atomic E-state index is 11.8. The van der Waals surface area contributed by atoms with Gasteiger partial charge in [-0.15, -0.1) is 11.8 Å². The van der Waals surface area contributed by atoms with Gasteiger partial charge in [0.2, 0.25) is 0 Å². The second-order valence-electron chi connectivity index (χ2n) is 4.02. The van der Waals surface area contributed by atoms with Crippen molar-refractivity contribution in [3.05, 3.63) is 53.0 Å². The van der Waals surface area contributed by atoms with Gasteiger partial charge in [-0.1, -0.05) is 22.0 Å². The standard InChI is InChI=1S/C15H14BrNO2S/c1-20-14-7-5-13(6-8-14)19-10-15(18)17-12-4-2-3-11(16)9-12/h2-9H,10H2,1H3,(H,17,18). The number of ether oxygens (including phenoxy) is 1. The minimum atomic E-state index is -0.183. The van der Waals surface area contributed by atoms with Gasteiger partial charge in [-0.2, -0.15) is 0 Å². The van der Waals surface area contributed by atoms with Crippen LogP contribution in [0.2, 0.25) is 0 Å². The van der Waals surface area contributed by atoms with E-state index >= 15 is 0 Å². The average Bonchev–Trinajstić information content (AvgIpc) is 2.46. The molecule has 2 aromatic carbocycles. The van der Waals surface area contributed by atoms with E-state index in [0.717, 1.165) is 15.1 Å². The first-order valence-electron chi connectivity index (χ1n) is 5.99. The number of halogens is 1. The molecule has 0 aliphatic rings. The summed E-state index contributed by atoms with van der Waals surface area (Å²) in [6.07, 6.45) is 2.02. The molecule has 1 amide bonds. The van der Waals surface area contributed by atoms with E-state index in [2.05, 4.69) is 21.2 Å². The van der Waals surface area contributed by atoms with Crippen LogP contribution in [0, 0.1) is 0 Å². The predicted molar refractivity (Wildman–Crippen MR) is 86.5 cm³/mol. The molecule has 0 bridgehead atoms. The van der Waals surface area contributed by atoms with Gasteiger partial charge in [0.25, 0.3) is 5.91 Å². The number of hydrogen-bond donors (Lipinski definition) is 1. The van der Waals surface area contributed by atoms with Gasteiger partial charge in [-0.3, -0.25) is 4.79 Å². The first-order chi connectivity index (χ1) is 9.67. The Kier molecular flexibility index (Phi) is 5.49. The van der Waals surface area contributed by atoms with Crippen LogP contribution in [0.5, 0.6) is 5.75 Å². The van der Waals surface area contributed by atoms with E-state index < -0.39 is 0 Å². The summed E-state index contributed by atoms with van der Waals surface area (Å²) in [6.45, 7) is -0.00880. The van der Waals surface area contributed by atoms with Crippen molar-refractivity contribution in [2.45, 2.75) is 4.90 Å². The van der Waals surface area contributed by atoms with E-state index in [-0.39, 0.29) is 12.5 Å². The summed E-state index contributed by atoms with van der Waals surface area (Å²) in [5, 5.41) is 2.78. The van der Waals surface area contributed by atoms with Gasteiger partial charge in [-0.25, -0.2) is 0 Å². The fourth-order valence-electron chi connectivity index (χ4n) is 1.58. The number of benzene rings is 2. The fourth-order valence-corrected chi connectivity index (χ4v) is 2.39. The van der Waals surface area contributed by atoms with Crippen molar-refractivity contribution in [2.24, 2.45) is 0 Å². The smallest absolute Gasteiger partial charge is 0.262 e. The lowest BCUT2D eigenvalue weighted by molar-refractivity contribution is -0.118. The zero-order chi connectivity index (χ0) is 14.4. The third kappa shape index (κ3) is 4.58. The molecule has 0 aliphatic carbocycles. The van der Waals surface area contributed by atoms with E-state index in [4.69, 9.17) is 4.74 Å². The van der Waals surface area contributed by atoms with E-state index in [1.165, 1.54) is 0 Å². The van der Waals surface area contributed by atoms with Crippen LogP contribution in [0.4, 0.5) is 5.69 Å². The van der Waals surface area contributed by atoms with Crippen LogP contribution in [0.15, 0.2) is 57.9 Å². The Balaban J connectivity index is 1.85. The van der Waals surface area contributed by atoms with Gasteiger partial charge >= 0.3 is 0 Å². The Hall–Kier alpha value is -1.46. The quantitative estimate of drug-likeness (QED) is 0.820. The van der Waals surface area contributed by atoms with Crippen molar-refractivity contribution in [3.63, 3.8) is 0 Å². The largest absolute Gasteiger partial charge is 0.484 e. The molecular formula is C15H14BrNO2S. The summed E-state index contributed by atoms with van der Waals surface area (Å²) in [4.78, 5) is 12.9. The summed E-state index contributed by atoms with van der Waals surface area (Å²) >= 11 is 5.02. The zero-order valence-corrected chi connectivity index (χ0v) is 13.3. The van der Waals surface area contributed by atoms with Crippen LogP contribution >= 0.6 is 27.7 Å². The molecule has 20 heavy (non-hydrogen) atoms. The van der Waals surface area contributed by atoms with Gasteiger partial charge in [0.05, 0.1) is 0 Å². The van der Waals surface area contributed by atoms with Crippen LogP contribution in [-0.4, -0.2) is 18.8 Å². The minimum absolute atomic E-state index is 0.00880. The number of anilines is 1. The molecule has 0 spiro atoms. The molecule has 0 fully saturated rings. The first-order valence-corrected chi connectivity index (χ1v) is 8.01. The van der Waals surface area contributed by atoms with Gasteiger partial charge in [-0.05, 0) is 48.7 Å². The second kappa shape index (κ2) is 7.36. The lowest BCUT2D eigenvalue weighted by atomic mass is 10.3. The molecule has 5 heteroatoms. The topological polar surface area (TPSA) is 38.3 Å². The molecule has 0 aliphatic heterocycles. The van der Waals surface area contributed by atoms with Crippen molar-refractivity contribution in [2.75, 3.05) is 18.2 Å². The molecule has 0 saturated carbocycles. The van der Waals surface area contributed by atoms with E-state index in [9.17, 15) is 4.79 Å². The van der Waals surface area contributed by atoms with Crippen molar-refractivity contribution in [1.82, 2.24) is 0 Å². The Morgan fingerprint density at radius 1 is 1.25 bits per heavy atom. The van der Waals surface area contributed by atoms with Crippen LogP contribution in [0.25, 0.3) is 0 Å². The van der Waals surface area contributed by atoms with Gasteiger partial charge in [0, 0.05) is 15.1 Å². The normalized spacial score (nSPS) is 10.1. The fraction of sp³-hybridized carbons (Fsp3) is 0.133. The van der Waals surface area contributed by atoms with Crippen LogP contribution < -0.4 is 10.1 Å². The summed E-state index contributed by atoms with van der Waals surface area (Å²) in [5.74, 6) is 0.504. The van der Waals surface area contributed by atoms with Crippen LogP contribution in [-0.2, 0) is 4.79 Å². The zero-order valence-electron chi connectivity index (χ0n) is 10.9. The molecule has 0 heterocycles. The molecule has 0 atom stereocenters. The highest BCUT2D eigenvalue weighted by Crippen LogP contribution is 2.19. The molecule has 0 saturated heterocycles. The summed E-state index contributed by atoms with van der Waals surface area (Å²) in [7, 11) is 0. The van der Waals surface area contributed by atoms with Crippen LogP contribution in [0.1, 0.15) is 0 Å². The number of rotatable bonds is 5. The highest BCUT2D eigenvalue weighted by molar-refractivity contribution is 9.10. The molecule has 3 nitrogen and oxygen atoms in total. The molecular weight excluding hydrogens is 338 g/mol. The Morgan fingerprint density at radius 3 is 2.65 bits per heavy atom. The minimum Gasteiger partial charge on any atom is -0.484 e.